The van der Waals surface area contributed by atoms with Crippen LogP contribution in [0.1, 0.15) is 25.0 Å². The third-order valence-electron chi connectivity index (χ3n) is 11.1. The van der Waals surface area contributed by atoms with Crippen LogP contribution in [-0.4, -0.2) is 0 Å². The summed E-state index contributed by atoms with van der Waals surface area (Å²) >= 11 is 0. The zero-order chi connectivity index (χ0) is 35.5. The van der Waals surface area contributed by atoms with E-state index >= 15 is 0 Å². The van der Waals surface area contributed by atoms with Crippen LogP contribution in [0, 0.1) is 0 Å². The van der Waals surface area contributed by atoms with Crippen LogP contribution in [0.4, 0.5) is 17.1 Å². The molecular formula is C51H37NO. The minimum atomic E-state index is -0.0767. The first-order valence-corrected chi connectivity index (χ1v) is 18.3. The maximum Gasteiger partial charge on any atom is 0.137 e. The Morgan fingerprint density at radius 2 is 0.981 bits per heavy atom. The van der Waals surface area contributed by atoms with Gasteiger partial charge in [-0.25, -0.2) is 0 Å². The third kappa shape index (κ3) is 5.10. The Hall–Kier alpha value is -6.64. The first kappa shape index (κ1) is 31.1. The summed E-state index contributed by atoms with van der Waals surface area (Å²) in [7, 11) is 0. The molecule has 0 N–H and O–H groups in total. The van der Waals surface area contributed by atoms with Gasteiger partial charge >= 0.3 is 0 Å². The highest BCUT2D eigenvalue weighted by molar-refractivity contribution is 6.13. The Morgan fingerprint density at radius 1 is 0.415 bits per heavy atom. The lowest BCUT2D eigenvalue weighted by Gasteiger charge is -2.26. The Balaban J connectivity index is 1.09. The summed E-state index contributed by atoms with van der Waals surface area (Å²) in [5, 5.41) is 2.21. The average Bonchev–Trinajstić information content (AvgIpc) is 3.71. The molecule has 252 valence electrons. The second kappa shape index (κ2) is 12.3. The van der Waals surface area contributed by atoms with Crippen molar-refractivity contribution in [1.82, 2.24) is 0 Å². The maximum absolute atomic E-state index is 6.35. The number of furan rings is 1. The van der Waals surface area contributed by atoms with Crippen molar-refractivity contribution < 1.29 is 4.42 Å². The molecule has 0 saturated carbocycles. The summed E-state index contributed by atoms with van der Waals surface area (Å²) in [6.45, 7) is 4.71. The largest absolute Gasteiger partial charge is 0.456 e. The second-order valence-electron chi connectivity index (χ2n) is 14.5. The van der Waals surface area contributed by atoms with Crippen molar-refractivity contribution in [2.75, 3.05) is 4.90 Å². The number of rotatable bonds is 6. The third-order valence-corrected chi connectivity index (χ3v) is 11.1. The number of anilines is 3. The number of hydrogen-bond donors (Lipinski definition) is 0. The fourth-order valence-corrected chi connectivity index (χ4v) is 8.45. The monoisotopic (exact) mass is 679 g/mol. The lowest BCUT2D eigenvalue weighted by Crippen LogP contribution is -2.14. The van der Waals surface area contributed by atoms with E-state index in [0.29, 0.717) is 0 Å². The molecule has 1 aliphatic carbocycles. The minimum Gasteiger partial charge on any atom is -0.456 e. The van der Waals surface area contributed by atoms with Gasteiger partial charge in [0.1, 0.15) is 11.2 Å². The summed E-state index contributed by atoms with van der Waals surface area (Å²) in [4.78, 5) is 2.36. The molecule has 1 aliphatic rings. The van der Waals surface area contributed by atoms with Gasteiger partial charge in [-0.3, -0.25) is 0 Å². The topological polar surface area (TPSA) is 16.4 Å². The van der Waals surface area contributed by atoms with Gasteiger partial charge in [0, 0.05) is 22.2 Å². The van der Waals surface area contributed by atoms with E-state index in [9.17, 15) is 0 Å². The molecule has 0 fully saturated rings. The van der Waals surface area contributed by atoms with Gasteiger partial charge in [-0.15, -0.1) is 0 Å². The summed E-state index contributed by atoms with van der Waals surface area (Å²) in [6, 6.07) is 67.8. The molecule has 0 saturated heterocycles. The first-order valence-electron chi connectivity index (χ1n) is 18.3. The van der Waals surface area contributed by atoms with E-state index in [-0.39, 0.29) is 5.41 Å². The SMILES string of the molecule is CC1(C)c2ccc(-c3ccc(N(c4ccc(-c5ccccc5)cc4)c4cccc5oc6ccccc6c45)cc3)cc2-c2c(-c3ccccc3)cccc21. The molecule has 53 heavy (non-hydrogen) atoms. The quantitative estimate of drug-likeness (QED) is 0.174. The zero-order valence-electron chi connectivity index (χ0n) is 29.8. The van der Waals surface area contributed by atoms with Gasteiger partial charge in [0.05, 0.1) is 11.1 Å². The van der Waals surface area contributed by atoms with Gasteiger partial charge in [-0.2, -0.15) is 0 Å². The van der Waals surface area contributed by atoms with Crippen LogP contribution in [0.2, 0.25) is 0 Å². The normalized spacial score (nSPS) is 12.9. The molecule has 2 nitrogen and oxygen atoms in total. The molecule has 1 aromatic heterocycles. The summed E-state index contributed by atoms with van der Waals surface area (Å²) in [5.41, 5.74) is 17.7. The van der Waals surface area contributed by atoms with Gasteiger partial charge in [0.25, 0.3) is 0 Å². The number of benzene rings is 8. The summed E-state index contributed by atoms with van der Waals surface area (Å²) in [5.74, 6) is 0. The van der Waals surface area contributed by atoms with Gasteiger partial charge in [-0.1, -0.05) is 153 Å². The molecule has 2 heteroatoms. The highest BCUT2D eigenvalue weighted by Crippen LogP contribution is 2.53. The predicted octanol–water partition coefficient (Wildman–Crippen LogP) is 14.4. The van der Waals surface area contributed by atoms with Gasteiger partial charge in [0.15, 0.2) is 0 Å². The van der Waals surface area contributed by atoms with E-state index in [4.69, 9.17) is 4.42 Å². The van der Waals surface area contributed by atoms with Crippen LogP contribution in [0.5, 0.6) is 0 Å². The van der Waals surface area contributed by atoms with Crippen LogP contribution in [0.25, 0.3) is 66.4 Å². The fraction of sp³-hybridized carbons (Fsp3) is 0.0588. The standard InChI is InChI=1S/C51H37NO/c1-51(2)44-32-27-38(33-43(44)49-41(18-11-19-45(49)51)37-15-7-4-8-16-37)36-25-30-40(31-26-36)52(39-28-23-35(24-29-39)34-13-5-3-6-14-34)46-20-12-22-48-50(46)42-17-9-10-21-47(42)53-48/h3-33H,1-2H3. The van der Waals surface area contributed by atoms with Crippen molar-refractivity contribution in [3.8, 4) is 44.5 Å². The van der Waals surface area contributed by atoms with Crippen LogP contribution in [-0.2, 0) is 5.41 Å². The van der Waals surface area contributed by atoms with E-state index in [1.54, 1.807) is 0 Å². The van der Waals surface area contributed by atoms with Crippen molar-refractivity contribution in [2.45, 2.75) is 19.3 Å². The summed E-state index contributed by atoms with van der Waals surface area (Å²) < 4.78 is 6.35. The van der Waals surface area contributed by atoms with Crippen molar-refractivity contribution in [2.24, 2.45) is 0 Å². The zero-order valence-corrected chi connectivity index (χ0v) is 29.8. The number of fused-ring (bicyclic) bond motifs is 6. The molecule has 0 spiro atoms. The fourth-order valence-electron chi connectivity index (χ4n) is 8.45. The minimum absolute atomic E-state index is 0.0767. The molecular weight excluding hydrogens is 643 g/mol. The van der Waals surface area contributed by atoms with Crippen molar-refractivity contribution >= 4 is 39.0 Å². The number of para-hydroxylation sites is 1. The molecule has 0 radical (unpaired) electrons. The molecule has 9 aromatic rings. The van der Waals surface area contributed by atoms with E-state index in [1.807, 2.05) is 12.1 Å². The van der Waals surface area contributed by atoms with Crippen molar-refractivity contribution in [1.29, 1.82) is 0 Å². The Morgan fingerprint density at radius 3 is 1.70 bits per heavy atom. The Kier molecular flexibility index (Phi) is 7.19. The second-order valence-corrected chi connectivity index (χ2v) is 14.5. The van der Waals surface area contributed by atoms with Crippen LogP contribution < -0.4 is 4.90 Å². The predicted molar refractivity (Wildman–Crippen MR) is 222 cm³/mol. The van der Waals surface area contributed by atoms with E-state index < -0.39 is 0 Å². The highest BCUT2D eigenvalue weighted by atomic mass is 16.3. The van der Waals surface area contributed by atoms with Crippen LogP contribution in [0.15, 0.2) is 192 Å². The van der Waals surface area contributed by atoms with Crippen molar-refractivity contribution in [3.63, 3.8) is 0 Å². The summed E-state index contributed by atoms with van der Waals surface area (Å²) in [6.07, 6.45) is 0. The number of hydrogen-bond acceptors (Lipinski definition) is 2. The smallest absolute Gasteiger partial charge is 0.137 e. The van der Waals surface area contributed by atoms with Gasteiger partial charge in [-0.05, 0) is 104 Å². The Bertz CT molecular complexity index is 2780. The maximum atomic E-state index is 6.35. The molecule has 8 aromatic carbocycles. The average molecular weight is 680 g/mol. The van der Waals surface area contributed by atoms with Crippen LogP contribution in [0.3, 0.4) is 0 Å². The highest BCUT2D eigenvalue weighted by Gasteiger charge is 2.37. The lowest BCUT2D eigenvalue weighted by atomic mass is 9.81. The number of nitrogens with zero attached hydrogens (tertiary/aromatic N) is 1. The van der Waals surface area contributed by atoms with Gasteiger partial charge in [0.2, 0.25) is 0 Å². The molecule has 10 rings (SSSR count). The van der Waals surface area contributed by atoms with Crippen molar-refractivity contribution in [3.05, 3.63) is 199 Å². The molecule has 0 bridgehead atoms. The molecule has 0 amide bonds. The lowest BCUT2D eigenvalue weighted by molar-refractivity contribution is 0.660. The van der Waals surface area contributed by atoms with Crippen LogP contribution >= 0.6 is 0 Å². The van der Waals surface area contributed by atoms with E-state index in [1.165, 1.54) is 55.6 Å². The molecule has 0 aliphatic heterocycles. The van der Waals surface area contributed by atoms with E-state index in [0.717, 1.165) is 39.0 Å². The molecule has 1 heterocycles. The van der Waals surface area contributed by atoms with E-state index in [2.05, 4.69) is 195 Å². The first-order chi connectivity index (χ1) is 26.0. The molecule has 0 atom stereocenters. The molecule has 0 unspecified atom stereocenters. The van der Waals surface area contributed by atoms with Gasteiger partial charge < -0.3 is 9.32 Å². The Labute approximate surface area is 310 Å².